The van der Waals surface area contributed by atoms with E-state index >= 15 is 0 Å². The molecule has 3 N–H and O–H groups in total. The highest BCUT2D eigenvalue weighted by Crippen LogP contribution is 2.25. The molecule has 1 aliphatic rings. The predicted molar refractivity (Wildman–Crippen MR) is 123 cm³/mol. The van der Waals surface area contributed by atoms with E-state index in [9.17, 15) is 9.50 Å². The third kappa shape index (κ3) is 6.68. The summed E-state index contributed by atoms with van der Waals surface area (Å²) in [5.74, 6) is 1.09. The molecule has 1 fully saturated rings. The first-order chi connectivity index (χ1) is 13.7. The summed E-state index contributed by atoms with van der Waals surface area (Å²) in [6.45, 7) is 5.46. The van der Waals surface area contributed by atoms with E-state index in [0.29, 0.717) is 19.0 Å². The second-order valence-electron chi connectivity index (χ2n) is 6.91. The van der Waals surface area contributed by atoms with Crippen LogP contribution in [-0.4, -0.2) is 48.7 Å². The minimum absolute atomic E-state index is 0. The van der Waals surface area contributed by atoms with Crippen molar-refractivity contribution < 1.29 is 13.9 Å². The van der Waals surface area contributed by atoms with Crippen molar-refractivity contribution in [3.8, 4) is 0 Å². The van der Waals surface area contributed by atoms with E-state index in [1.807, 2.05) is 19.1 Å². The van der Waals surface area contributed by atoms with Gasteiger partial charge >= 0.3 is 0 Å². The monoisotopic (exact) mass is 516 g/mol. The molecule has 0 spiro atoms. The average Bonchev–Trinajstić information content (AvgIpc) is 3.41. The van der Waals surface area contributed by atoms with Gasteiger partial charge in [0, 0.05) is 18.7 Å². The Kier molecular flexibility index (Phi) is 9.89. The number of likely N-dealkylation sites (tertiary alicyclic amines) is 1. The topological polar surface area (TPSA) is 73.0 Å². The van der Waals surface area contributed by atoms with Crippen LogP contribution < -0.4 is 10.6 Å². The molecule has 2 heterocycles. The minimum atomic E-state index is -0.954. The second-order valence-corrected chi connectivity index (χ2v) is 6.91. The maximum absolute atomic E-state index is 13.8. The number of benzene rings is 1. The molecule has 6 nitrogen and oxygen atoms in total. The Morgan fingerprint density at radius 3 is 2.62 bits per heavy atom. The van der Waals surface area contributed by atoms with Crippen molar-refractivity contribution in [1.82, 2.24) is 15.5 Å². The Morgan fingerprint density at radius 1 is 1.21 bits per heavy atom. The van der Waals surface area contributed by atoms with Crippen molar-refractivity contribution in [2.45, 2.75) is 31.9 Å². The summed E-state index contributed by atoms with van der Waals surface area (Å²) >= 11 is 0. The van der Waals surface area contributed by atoms with Gasteiger partial charge in [0.25, 0.3) is 0 Å². The highest BCUT2D eigenvalue weighted by molar-refractivity contribution is 14.0. The molecular formula is C21H30FIN4O2. The highest BCUT2D eigenvalue weighted by Gasteiger charge is 2.25. The van der Waals surface area contributed by atoms with Gasteiger partial charge in [-0.25, -0.2) is 4.39 Å². The van der Waals surface area contributed by atoms with E-state index in [1.54, 1.807) is 24.5 Å². The fourth-order valence-corrected chi connectivity index (χ4v) is 3.49. The number of aliphatic imine (C=N–C) groups is 1. The number of aliphatic hydroxyl groups excluding tert-OH is 1. The van der Waals surface area contributed by atoms with Gasteiger partial charge in [0.05, 0.1) is 25.0 Å². The molecule has 1 aliphatic heterocycles. The first-order valence-electron chi connectivity index (χ1n) is 9.91. The fraction of sp³-hybridized carbons (Fsp3) is 0.476. The van der Waals surface area contributed by atoms with E-state index in [0.717, 1.165) is 18.8 Å². The molecule has 3 rings (SSSR count). The molecule has 2 aromatic rings. The van der Waals surface area contributed by atoms with Crippen LogP contribution in [0.1, 0.15) is 43.2 Å². The number of halogens is 2. The highest BCUT2D eigenvalue weighted by atomic mass is 127. The van der Waals surface area contributed by atoms with Crippen molar-refractivity contribution >= 4 is 29.9 Å². The number of hydrogen-bond donors (Lipinski definition) is 3. The smallest absolute Gasteiger partial charge is 0.191 e. The van der Waals surface area contributed by atoms with Gasteiger partial charge in [-0.15, -0.1) is 24.0 Å². The van der Waals surface area contributed by atoms with Crippen molar-refractivity contribution in [2.75, 3.05) is 32.7 Å². The molecule has 1 aromatic heterocycles. The molecule has 1 saturated heterocycles. The van der Waals surface area contributed by atoms with E-state index in [4.69, 9.17) is 9.41 Å². The quantitative estimate of drug-likeness (QED) is 0.285. The molecule has 0 radical (unpaired) electrons. The molecule has 8 heteroatoms. The molecule has 0 saturated carbocycles. The molecule has 0 amide bonds. The number of guanidine groups is 1. The summed E-state index contributed by atoms with van der Waals surface area (Å²) < 4.78 is 19.5. The lowest BCUT2D eigenvalue weighted by atomic mass is 10.1. The lowest BCUT2D eigenvalue weighted by Crippen LogP contribution is -2.40. The summed E-state index contributed by atoms with van der Waals surface area (Å²) in [5, 5.41) is 16.6. The van der Waals surface area contributed by atoms with Crippen LogP contribution >= 0.6 is 24.0 Å². The Bertz CT molecular complexity index is 751. The Morgan fingerprint density at radius 2 is 1.97 bits per heavy atom. The molecule has 0 aliphatic carbocycles. The number of rotatable bonds is 8. The van der Waals surface area contributed by atoms with Gasteiger partial charge in [0.2, 0.25) is 0 Å². The average molecular weight is 516 g/mol. The Hall–Kier alpha value is -1.65. The van der Waals surface area contributed by atoms with Crippen LogP contribution in [0, 0.1) is 5.82 Å². The number of nitrogens with one attached hydrogen (secondary N) is 2. The Balaban J connectivity index is 0.00000300. The second kappa shape index (κ2) is 12.1. The normalized spacial score (nSPS) is 16.9. The molecule has 160 valence electrons. The summed E-state index contributed by atoms with van der Waals surface area (Å²) in [4.78, 5) is 7.08. The van der Waals surface area contributed by atoms with Gasteiger partial charge in [-0.05, 0) is 51.1 Å². The summed E-state index contributed by atoms with van der Waals surface area (Å²) in [7, 11) is 0. The van der Waals surface area contributed by atoms with Crippen LogP contribution in [0.5, 0.6) is 0 Å². The third-order valence-electron chi connectivity index (χ3n) is 4.95. The van der Waals surface area contributed by atoms with Crippen molar-refractivity contribution in [1.29, 1.82) is 0 Å². The van der Waals surface area contributed by atoms with Gasteiger partial charge in [0.15, 0.2) is 5.96 Å². The van der Waals surface area contributed by atoms with Crippen LogP contribution in [0.2, 0.25) is 0 Å². The maximum Gasteiger partial charge on any atom is 0.191 e. The Labute approximate surface area is 188 Å². The zero-order valence-electron chi connectivity index (χ0n) is 16.7. The summed E-state index contributed by atoms with van der Waals surface area (Å²) in [6, 6.07) is 10.2. The molecular weight excluding hydrogens is 486 g/mol. The predicted octanol–water partition coefficient (Wildman–Crippen LogP) is 3.46. The maximum atomic E-state index is 13.8. The van der Waals surface area contributed by atoms with Crippen molar-refractivity contribution in [3.05, 3.63) is 59.8 Å². The minimum Gasteiger partial charge on any atom is -0.468 e. The van der Waals surface area contributed by atoms with Crippen molar-refractivity contribution in [3.63, 3.8) is 0 Å². The zero-order chi connectivity index (χ0) is 19.8. The summed E-state index contributed by atoms with van der Waals surface area (Å²) in [6.07, 6.45) is 3.11. The third-order valence-corrected chi connectivity index (χ3v) is 4.95. The first-order valence-corrected chi connectivity index (χ1v) is 9.91. The van der Waals surface area contributed by atoms with Crippen LogP contribution in [0.15, 0.2) is 52.1 Å². The van der Waals surface area contributed by atoms with E-state index < -0.39 is 11.9 Å². The van der Waals surface area contributed by atoms with Crippen LogP contribution in [0.25, 0.3) is 0 Å². The lowest BCUT2D eigenvalue weighted by Gasteiger charge is -2.25. The van der Waals surface area contributed by atoms with Gasteiger partial charge in [0.1, 0.15) is 11.6 Å². The lowest BCUT2D eigenvalue weighted by molar-refractivity contribution is 0.176. The summed E-state index contributed by atoms with van der Waals surface area (Å²) in [5.41, 5.74) is 0.274. The zero-order valence-corrected chi connectivity index (χ0v) is 19.0. The molecule has 1 aromatic carbocycles. The van der Waals surface area contributed by atoms with Crippen LogP contribution in [-0.2, 0) is 0 Å². The number of furan rings is 1. The van der Waals surface area contributed by atoms with E-state index in [1.165, 1.54) is 18.9 Å². The van der Waals surface area contributed by atoms with Crippen LogP contribution in [0.4, 0.5) is 4.39 Å². The van der Waals surface area contributed by atoms with Gasteiger partial charge in [-0.1, -0.05) is 18.2 Å². The van der Waals surface area contributed by atoms with Crippen LogP contribution in [0.3, 0.4) is 0 Å². The standard InChI is InChI=1S/C21H29FN4O2.HI/c1-2-23-21(25-15-19(27)16-8-3-4-9-17(16)22)24-14-18(20-10-7-13-28-20)26-11-5-6-12-26;/h3-4,7-10,13,18-19,27H,2,5-6,11-12,14-15H2,1H3,(H2,23,24,25);1H. The molecule has 2 atom stereocenters. The molecule has 0 bridgehead atoms. The molecule has 29 heavy (non-hydrogen) atoms. The fourth-order valence-electron chi connectivity index (χ4n) is 3.49. The number of aliphatic hydroxyl groups is 1. The van der Waals surface area contributed by atoms with E-state index in [2.05, 4.69) is 15.5 Å². The van der Waals surface area contributed by atoms with E-state index in [-0.39, 0.29) is 42.1 Å². The SMILES string of the molecule is CCNC(=NCC(c1ccco1)N1CCCC1)NCC(O)c1ccccc1F.I. The number of nitrogens with zero attached hydrogens (tertiary/aromatic N) is 2. The largest absolute Gasteiger partial charge is 0.468 e. The number of hydrogen-bond acceptors (Lipinski definition) is 4. The first kappa shape index (κ1) is 23.6. The van der Waals surface area contributed by atoms with Gasteiger partial charge in [-0.2, -0.15) is 0 Å². The van der Waals surface area contributed by atoms with Crippen molar-refractivity contribution in [2.24, 2.45) is 4.99 Å². The van der Waals surface area contributed by atoms with Gasteiger partial charge < -0.3 is 20.2 Å². The molecule has 2 unspecified atom stereocenters. The van der Waals surface area contributed by atoms with Gasteiger partial charge in [-0.3, -0.25) is 9.89 Å².